The quantitative estimate of drug-likeness (QED) is 0.102. The van der Waals surface area contributed by atoms with E-state index in [0.717, 1.165) is 33.8 Å². The monoisotopic (exact) mass is 742 g/mol. The van der Waals surface area contributed by atoms with Crippen molar-refractivity contribution < 1.29 is 33.8 Å². The number of hydrogen-bond donors (Lipinski definition) is 6. The fourth-order valence-electron chi connectivity index (χ4n) is 4.21. The molecule has 42 heavy (non-hydrogen) atoms. The number of benzene rings is 3. The van der Waals surface area contributed by atoms with E-state index in [0.29, 0.717) is 20.5 Å². The van der Waals surface area contributed by atoms with Crippen molar-refractivity contribution >= 4 is 58.4 Å². The Balaban J connectivity index is 1.71. The minimum atomic E-state index is -4.11. The van der Waals surface area contributed by atoms with E-state index in [-0.39, 0.29) is 31.2 Å². The van der Waals surface area contributed by atoms with E-state index in [1.807, 2.05) is 48.5 Å². The molecular formula is C27H30Br2N4O7P2. The summed E-state index contributed by atoms with van der Waals surface area (Å²) in [6.07, 6.45) is -0.498. The number of imidazole rings is 1. The molecule has 0 amide bonds. The Labute approximate surface area is 259 Å². The summed E-state index contributed by atoms with van der Waals surface area (Å²) in [6, 6.07) is 18.5. The number of H-pyrrole nitrogens is 1. The first-order chi connectivity index (χ1) is 19.6. The smallest absolute Gasteiger partial charge is 0.327 e. The fraction of sp³-hybridized carbons (Fsp3) is 0.222. The lowest BCUT2D eigenvalue weighted by molar-refractivity contribution is 0.371. The standard InChI is InChI=1S/C27H30Br2N4O7P2/c1-32(11-13-41(35,36)37)20-7-3-17(4-8-20)24-25(31-27(30-24)19-15-22(28)26(34)23(29)16-19)18-5-9-21(10-6-18)33(2)12-14-42(38,39)40/h3-10,15-16,34H,11-14H2,1-2H3,(H,30,31)(H2,35,36,37)(H2,38,39,40). The van der Waals surface area contributed by atoms with Crippen molar-refractivity contribution in [1.29, 1.82) is 0 Å². The molecule has 3 aromatic carbocycles. The highest BCUT2D eigenvalue weighted by atomic mass is 79.9. The molecule has 0 saturated carbocycles. The van der Waals surface area contributed by atoms with E-state index in [9.17, 15) is 33.8 Å². The van der Waals surface area contributed by atoms with Gasteiger partial charge in [0.15, 0.2) is 0 Å². The Morgan fingerprint density at radius 1 is 0.738 bits per heavy atom. The molecule has 0 atom stereocenters. The molecule has 0 aliphatic heterocycles. The second kappa shape index (κ2) is 13.0. The molecule has 0 aliphatic rings. The van der Waals surface area contributed by atoms with Crippen molar-refractivity contribution in [2.45, 2.75) is 0 Å². The van der Waals surface area contributed by atoms with Gasteiger partial charge in [0.25, 0.3) is 0 Å². The predicted molar refractivity (Wildman–Crippen MR) is 172 cm³/mol. The molecule has 0 saturated heterocycles. The van der Waals surface area contributed by atoms with Crippen LogP contribution < -0.4 is 9.80 Å². The summed E-state index contributed by atoms with van der Waals surface area (Å²) in [5.41, 5.74) is 5.34. The first kappa shape index (κ1) is 32.4. The van der Waals surface area contributed by atoms with Crippen LogP contribution in [0.15, 0.2) is 69.6 Å². The molecule has 0 unspecified atom stereocenters. The molecule has 0 spiro atoms. The summed E-state index contributed by atoms with van der Waals surface area (Å²) in [5.74, 6) is 0.634. The number of nitrogens with one attached hydrogen (secondary N) is 1. The summed E-state index contributed by atoms with van der Waals surface area (Å²) < 4.78 is 23.6. The Kier molecular flexibility index (Phi) is 10.1. The van der Waals surface area contributed by atoms with Crippen molar-refractivity contribution in [2.24, 2.45) is 0 Å². The van der Waals surface area contributed by atoms with E-state index in [1.165, 1.54) is 0 Å². The summed E-state index contributed by atoms with van der Waals surface area (Å²) in [6.45, 7) is 0.392. The highest BCUT2D eigenvalue weighted by Crippen LogP contribution is 2.40. The van der Waals surface area contributed by atoms with Crippen LogP contribution in [0.3, 0.4) is 0 Å². The van der Waals surface area contributed by atoms with Crippen LogP contribution in [0.1, 0.15) is 0 Å². The van der Waals surface area contributed by atoms with Crippen LogP contribution in [0.25, 0.3) is 33.9 Å². The molecule has 11 nitrogen and oxygen atoms in total. The zero-order chi connectivity index (χ0) is 30.8. The number of phenolic OH excluding ortho intramolecular Hbond substituents is 1. The molecule has 6 N–H and O–H groups in total. The number of aromatic hydroxyl groups is 1. The molecule has 1 heterocycles. The molecule has 4 aromatic rings. The highest BCUT2D eigenvalue weighted by Gasteiger charge is 2.19. The highest BCUT2D eigenvalue weighted by molar-refractivity contribution is 9.11. The first-order valence-corrected chi connectivity index (χ1v) is 17.8. The number of nitrogens with zero attached hydrogens (tertiary/aromatic N) is 3. The lowest BCUT2D eigenvalue weighted by atomic mass is 10.0. The first-order valence-electron chi connectivity index (χ1n) is 12.6. The molecule has 15 heteroatoms. The van der Waals surface area contributed by atoms with Crippen LogP contribution in [-0.2, 0) is 9.13 Å². The molecule has 0 fully saturated rings. The average Bonchev–Trinajstić information content (AvgIpc) is 3.38. The molecule has 0 bridgehead atoms. The van der Waals surface area contributed by atoms with Crippen LogP contribution in [0, 0.1) is 0 Å². The third kappa shape index (κ3) is 8.33. The normalized spacial score (nSPS) is 12.0. The van der Waals surface area contributed by atoms with Gasteiger partial charge in [0.1, 0.15) is 11.6 Å². The Hall–Kier alpha value is -2.47. The van der Waals surface area contributed by atoms with Crippen molar-refractivity contribution in [3.8, 4) is 39.7 Å². The van der Waals surface area contributed by atoms with Crippen LogP contribution in [0.2, 0.25) is 0 Å². The van der Waals surface area contributed by atoms with Gasteiger partial charge in [0, 0.05) is 55.2 Å². The van der Waals surface area contributed by atoms with Gasteiger partial charge in [0.05, 0.1) is 32.7 Å². The minimum Gasteiger partial charge on any atom is -0.506 e. The van der Waals surface area contributed by atoms with Gasteiger partial charge in [-0.05, 0) is 68.3 Å². The molecule has 0 aliphatic carbocycles. The molecule has 224 valence electrons. The van der Waals surface area contributed by atoms with Crippen LogP contribution in [-0.4, -0.2) is 74.2 Å². The van der Waals surface area contributed by atoms with Crippen molar-refractivity contribution in [2.75, 3.05) is 49.3 Å². The maximum atomic E-state index is 11.3. The maximum Gasteiger partial charge on any atom is 0.327 e. The van der Waals surface area contributed by atoms with Gasteiger partial charge >= 0.3 is 15.2 Å². The van der Waals surface area contributed by atoms with E-state index in [1.54, 1.807) is 36.0 Å². The fourth-order valence-corrected chi connectivity index (χ4v) is 6.51. The molecule has 1 aromatic heterocycles. The Morgan fingerprint density at radius 3 is 1.60 bits per heavy atom. The van der Waals surface area contributed by atoms with Gasteiger partial charge in [-0.2, -0.15) is 0 Å². The van der Waals surface area contributed by atoms with E-state index < -0.39 is 15.2 Å². The van der Waals surface area contributed by atoms with Gasteiger partial charge in [-0.1, -0.05) is 24.3 Å². The second-order valence-electron chi connectivity index (χ2n) is 9.81. The van der Waals surface area contributed by atoms with Crippen LogP contribution in [0.5, 0.6) is 5.75 Å². The predicted octanol–water partition coefficient (Wildman–Crippen LogP) is 5.87. The Bertz CT molecular complexity index is 1540. The maximum absolute atomic E-state index is 11.3. The van der Waals surface area contributed by atoms with E-state index in [4.69, 9.17) is 4.98 Å². The van der Waals surface area contributed by atoms with Crippen molar-refractivity contribution in [3.05, 3.63) is 69.6 Å². The SMILES string of the molecule is CN(CCP(=O)(O)O)c1ccc(-c2nc(-c3cc(Br)c(O)c(Br)c3)[nH]c2-c2ccc(N(C)CCP(=O)(O)O)cc2)cc1. The zero-order valence-electron chi connectivity index (χ0n) is 22.6. The molecule has 4 rings (SSSR count). The summed E-state index contributed by atoms with van der Waals surface area (Å²) >= 11 is 6.75. The number of aromatic nitrogens is 2. The summed E-state index contributed by atoms with van der Waals surface area (Å²) in [5, 5.41) is 10.2. The number of hydrogen-bond acceptors (Lipinski definition) is 6. The number of aromatic amines is 1. The number of rotatable bonds is 11. The number of phenols is 1. The third-order valence-electron chi connectivity index (χ3n) is 6.63. The van der Waals surface area contributed by atoms with Gasteiger partial charge < -0.3 is 39.5 Å². The molecule has 0 radical (unpaired) electrons. The van der Waals surface area contributed by atoms with Gasteiger partial charge in [0.2, 0.25) is 0 Å². The van der Waals surface area contributed by atoms with Gasteiger partial charge in [-0.3, -0.25) is 9.13 Å². The van der Waals surface area contributed by atoms with Gasteiger partial charge in [-0.25, -0.2) is 4.98 Å². The summed E-state index contributed by atoms with van der Waals surface area (Å²) in [4.78, 5) is 48.7. The molecular weight excluding hydrogens is 714 g/mol. The zero-order valence-corrected chi connectivity index (χ0v) is 27.6. The largest absolute Gasteiger partial charge is 0.506 e. The lowest BCUT2D eigenvalue weighted by Crippen LogP contribution is -2.21. The lowest BCUT2D eigenvalue weighted by Gasteiger charge is -2.20. The second-order valence-corrected chi connectivity index (χ2v) is 15.1. The average molecular weight is 744 g/mol. The van der Waals surface area contributed by atoms with E-state index in [2.05, 4.69) is 36.8 Å². The number of anilines is 2. The third-order valence-corrected chi connectivity index (χ3v) is 9.40. The van der Waals surface area contributed by atoms with E-state index >= 15 is 0 Å². The summed E-state index contributed by atoms with van der Waals surface area (Å²) in [7, 11) is -4.69. The van der Waals surface area contributed by atoms with Gasteiger partial charge in [-0.15, -0.1) is 0 Å². The number of halogens is 2. The Morgan fingerprint density at radius 2 is 1.17 bits per heavy atom. The van der Waals surface area contributed by atoms with Crippen LogP contribution >= 0.6 is 47.1 Å². The topological polar surface area (TPSA) is 170 Å². The van der Waals surface area contributed by atoms with Crippen molar-refractivity contribution in [3.63, 3.8) is 0 Å². The van der Waals surface area contributed by atoms with Crippen LogP contribution in [0.4, 0.5) is 11.4 Å². The minimum absolute atomic E-state index is 0.0719. The van der Waals surface area contributed by atoms with Crippen molar-refractivity contribution in [1.82, 2.24) is 9.97 Å².